The van der Waals surface area contributed by atoms with E-state index in [4.69, 9.17) is 32.9 Å². The number of hydrogen-bond donors (Lipinski definition) is 0. The van der Waals surface area contributed by atoms with Crippen LogP contribution in [0.15, 0.2) is 42.6 Å². The van der Waals surface area contributed by atoms with Crippen molar-refractivity contribution in [2.24, 2.45) is 0 Å². The number of nitrogens with zero attached hydrogens (tertiary/aromatic N) is 2. The van der Waals surface area contributed by atoms with Crippen LogP contribution in [0.1, 0.15) is 28.6 Å². The van der Waals surface area contributed by atoms with Gasteiger partial charge in [-0.1, -0.05) is 55.0 Å². The van der Waals surface area contributed by atoms with Gasteiger partial charge in [-0.2, -0.15) is 11.8 Å². The molecule has 0 bridgehead atoms. The van der Waals surface area contributed by atoms with Gasteiger partial charge in [0.2, 0.25) is 0 Å². The average molecular weight is 530 g/mol. The lowest BCUT2D eigenvalue weighted by Crippen LogP contribution is -2.22. The maximum Gasteiger partial charge on any atom is 0.141 e. The zero-order valence-electron chi connectivity index (χ0n) is 19.2. The number of ether oxygens (including phenoxy) is 1. The Hall–Kier alpha value is -1.38. The second-order valence-electron chi connectivity index (χ2n) is 9.10. The maximum atomic E-state index is 13.9. The Kier molecular flexibility index (Phi) is 9.03. The lowest BCUT2D eigenvalue weighted by atomic mass is 9.90. The van der Waals surface area contributed by atoms with E-state index in [1.54, 1.807) is 36.0 Å². The summed E-state index contributed by atoms with van der Waals surface area (Å²) in [6, 6.07) is 10.2. The van der Waals surface area contributed by atoms with E-state index in [2.05, 4.69) is 19.6 Å². The first-order valence-electron chi connectivity index (χ1n) is 10.6. The van der Waals surface area contributed by atoms with Gasteiger partial charge in [0.05, 0.1) is 16.0 Å². The van der Waals surface area contributed by atoms with Crippen LogP contribution >= 0.6 is 35.0 Å². The lowest BCUT2D eigenvalue weighted by molar-refractivity contribution is 0.0835. The normalized spacial score (nSPS) is 12.0. The van der Waals surface area contributed by atoms with Crippen LogP contribution in [-0.2, 0) is 17.2 Å². The van der Waals surface area contributed by atoms with E-state index in [1.165, 1.54) is 12.1 Å². The number of imidazole rings is 1. The highest BCUT2D eigenvalue weighted by atomic mass is 35.5. The number of halogens is 4. The van der Waals surface area contributed by atoms with Crippen LogP contribution in [0, 0.1) is 11.6 Å². The summed E-state index contributed by atoms with van der Waals surface area (Å²) in [7, 11) is -1.23. The summed E-state index contributed by atoms with van der Waals surface area (Å²) in [6.07, 6.45) is 3.86. The Morgan fingerprint density at radius 3 is 2.09 bits per heavy atom. The molecule has 0 aliphatic carbocycles. The van der Waals surface area contributed by atoms with Crippen molar-refractivity contribution < 1.29 is 13.5 Å². The molecule has 0 N–H and O–H groups in total. The van der Waals surface area contributed by atoms with Crippen LogP contribution < -0.4 is 0 Å². The molecular weight excluding hydrogens is 501 g/mol. The molecule has 0 unspecified atom stereocenters. The molecule has 0 fully saturated rings. The van der Waals surface area contributed by atoms with Crippen molar-refractivity contribution in [3.05, 3.63) is 86.9 Å². The smallest absolute Gasteiger partial charge is 0.141 e. The van der Waals surface area contributed by atoms with E-state index < -0.39 is 25.6 Å². The minimum Gasteiger partial charge on any atom is -0.361 e. The first-order chi connectivity index (χ1) is 15.6. The zero-order valence-corrected chi connectivity index (χ0v) is 22.5. The van der Waals surface area contributed by atoms with Gasteiger partial charge in [0, 0.05) is 32.3 Å². The molecule has 2 aromatic carbocycles. The molecule has 3 rings (SSSR count). The molecule has 0 amide bonds. The monoisotopic (exact) mass is 528 g/mol. The first kappa shape index (κ1) is 26.2. The summed E-state index contributed by atoms with van der Waals surface area (Å²) in [4.78, 5) is 4.72. The third-order valence-electron chi connectivity index (χ3n) is 5.29. The van der Waals surface area contributed by atoms with Gasteiger partial charge in [0.1, 0.15) is 24.2 Å². The van der Waals surface area contributed by atoms with Crippen LogP contribution in [0.2, 0.25) is 35.7 Å². The minimum absolute atomic E-state index is 0.0135. The van der Waals surface area contributed by atoms with Crippen LogP contribution in [0.25, 0.3) is 0 Å². The summed E-state index contributed by atoms with van der Waals surface area (Å²) in [6.45, 7) is 7.94. The molecule has 0 spiro atoms. The molecule has 33 heavy (non-hydrogen) atoms. The quantitative estimate of drug-likeness (QED) is 0.198. The fourth-order valence-corrected chi connectivity index (χ4v) is 5.14. The largest absolute Gasteiger partial charge is 0.361 e. The van der Waals surface area contributed by atoms with E-state index in [9.17, 15) is 8.78 Å². The van der Waals surface area contributed by atoms with Crippen LogP contribution in [0.4, 0.5) is 8.78 Å². The number of hydrogen-bond acceptors (Lipinski definition) is 3. The molecule has 0 saturated carbocycles. The van der Waals surface area contributed by atoms with Crippen molar-refractivity contribution in [2.45, 2.75) is 44.1 Å². The van der Waals surface area contributed by atoms with Crippen molar-refractivity contribution in [1.29, 1.82) is 0 Å². The summed E-state index contributed by atoms with van der Waals surface area (Å²) in [5, 5.41) is 0.0269. The molecule has 0 saturated heterocycles. The molecule has 0 atom stereocenters. The zero-order chi connectivity index (χ0) is 24.2. The predicted molar refractivity (Wildman–Crippen MR) is 137 cm³/mol. The van der Waals surface area contributed by atoms with E-state index >= 15 is 0 Å². The van der Waals surface area contributed by atoms with Crippen molar-refractivity contribution in [1.82, 2.24) is 9.55 Å². The predicted octanol–water partition coefficient (Wildman–Crippen LogP) is 7.82. The van der Waals surface area contributed by atoms with Crippen LogP contribution in [0.3, 0.4) is 0 Å². The molecule has 9 heteroatoms. The number of rotatable bonds is 10. The Bertz CT molecular complexity index is 1050. The van der Waals surface area contributed by atoms with Crippen LogP contribution in [0.5, 0.6) is 0 Å². The molecule has 0 radical (unpaired) electrons. The Balaban J connectivity index is 2.07. The second kappa shape index (κ2) is 11.4. The molecule has 1 aromatic heterocycles. The summed E-state index contributed by atoms with van der Waals surface area (Å²) < 4.78 is 36.0. The van der Waals surface area contributed by atoms with Gasteiger partial charge in [0.15, 0.2) is 0 Å². The van der Waals surface area contributed by atoms with Gasteiger partial charge < -0.3 is 9.30 Å². The van der Waals surface area contributed by atoms with Crippen molar-refractivity contribution in [2.75, 3.05) is 12.9 Å². The Morgan fingerprint density at radius 2 is 1.61 bits per heavy atom. The molecule has 3 aromatic rings. The number of thioether (sulfide) groups is 1. The maximum absolute atomic E-state index is 13.9. The summed E-state index contributed by atoms with van der Waals surface area (Å²) in [5.41, 5.74) is 2.47. The average Bonchev–Trinajstić information content (AvgIpc) is 3.12. The minimum atomic E-state index is -1.23. The highest BCUT2D eigenvalue weighted by Gasteiger charge is 2.25. The van der Waals surface area contributed by atoms with E-state index in [0.717, 1.165) is 28.6 Å². The van der Waals surface area contributed by atoms with Crippen molar-refractivity contribution in [3.63, 3.8) is 0 Å². The highest BCUT2D eigenvalue weighted by Crippen LogP contribution is 2.35. The fourth-order valence-electron chi connectivity index (χ4n) is 3.48. The molecule has 0 aliphatic heterocycles. The van der Waals surface area contributed by atoms with Crippen molar-refractivity contribution in [3.8, 4) is 0 Å². The second-order valence-corrected chi connectivity index (χ2v) is 16.4. The summed E-state index contributed by atoms with van der Waals surface area (Å²) >= 11 is 13.9. The van der Waals surface area contributed by atoms with Gasteiger partial charge in [-0.3, -0.25) is 0 Å². The molecular formula is C24H28Cl2F2N2OSSi. The SMILES string of the molecule is CSCc1cnc(C(c2ccc(F)c(Cl)c2)c2ccc(F)c(Cl)c2)n1COCC[Si](C)(C)C. The lowest BCUT2D eigenvalue weighted by Gasteiger charge is -2.22. The molecule has 178 valence electrons. The first-order valence-corrected chi connectivity index (χ1v) is 16.5. The standard InChI is InChI=1S/C24H28Cl2F2N2OSSi/c1-32-14-18-13-29-24(30(18)15-31-9-10-33(2,3)4)23(16-5-7-21(27)19(25)11-16)17-6-8-22(28)20(26)12-17/h5-8,11-13,23H,9-10,14-15H2,1-4H3. The third kappa shape index (κ3) is 6.82. The van der Waals surface area contributed by atoms with Gasteiger partial charge in [0.25, 0.3) is 0 Å². The Labute approximate surface area is 209 Å². The van der Waals surface area contributed by atoms with Gasteiger partial charge in [-0.15, -0.1) is 0 Å². The number of benzene rings is 2. The Morgan fingerprint density at radius 1 is 1.03 bits per heavy atom. The van der Waals surface area contributed by atoms with Gasteiger partial charge in [-0.25, -0.2) is 13.8 Å². The van der Waals surface area contributed by atoms with E-state index in [0.29, 0.717) is 19.2 Å². The number of aromatic nitrogens is 2. The van der Waals surface area contributed by atoms with Crippen LogP contribution in [-0.4, -0.2) is 30.5 Å². The molecule has 3 nitrogen and oxygen atoms in total. The molecule has 0 aliphatic rings. The molecule has 1 heterocycles. The summed E-state index contributed by atoms with van der Waals surface area (Å²) in [5.74, 6) is 0.0236. The van der Waals surface area contributed by atoms with Crippen molar-refractivity contribution >= 4 is 43.0 Å². The van der Waals surface area contributed by atoms with Gasteiger partial charge in [-0.05, 0) is 47.7 Å². The van der Waals surface area contributed by atoms with E-state index in [-0.39, 0.29) is 10.0 Å². The van der Waals surface area contributed by atoms with Gasteiger partial charge >= 0.3 is 0 Å². The highest BCUT2D eigenvalue weighted by molar-refractivity contribution is 7.97. The fraction of sp³-hybridized carbons (Fsp3) is 0.375. The topological polar surface area (TPSA) is 27.1 Å². The van der Waals surface area contributed by atoms with E-state index in [1.807, 2.05) is 17.0 Å². The third-order valence-corrected chi connectivity index (χ3v) is 8.16.